The number of aryl methyl sites for hydroxylation is 1. The summed E-state index contributed by atoms with van der Waals surface area (Å²) in [4.78, 5) is 3.58. The fourth-order valence-electron chi connectivity index (χ4n) is 2.53. The second-order valence-electron chi connectivity index (χ2n) is 4.76. The van der Waals surface area contributed by atoms with E-state index in [1.165, 1.54) is 43.8 Å². The van der Waals surface area contributed by atoms with Crippen LogP contribution in [0.2, 0.25) is 0 Å². The van der Waals surface area contributed by atoms with Crippen LogP contribution in [0, 0.1) is 3.57 Å². The molecule has 1 N–H and O–H groups in total. The third-order valence-corrected chi connectivity index (χ3v) is 4.15. The molecule has 0 aliphatic rings. The summed E-state index contributed by atoms with van der Waals surface area (Å²) in [5.74, 6) is 0. The van der Waals surface area contributed by atoms with E-state index in [0.29, 0.717) is 0 Å². The molecule has 0 aliphatic carbocycles. The predicted molar refractivity (Wildman–Crippen MR) is 87.1 cm³/mol. The van der Waals surface area contributed by atoms with Crippen LogP contribution < -0.4 is 0 Å². The maximum atomic E-state index is 3.58. The molecule has 1 nitrogen and oxygen atoms in total. The number of H-pyrrole nitrogens is 1. The van der Waals surface area contributed by atoms with Gasteiger partial charge in [-0.05, 0) is 59.2 Å². The Morgan fingerprint density at radius 3 is 2.83 bits per heavy atom. The molecule has 0 unspecified atom stereocenters. The average molecular weight is 349 g/mol. The Morgan fingerprint density at radius 1 is 1.11 bits per heavy atom. The van der Waals surface area contributed by atoms with E-state index in [4.69, 9.17) is 0 Å². The summed E-state index contributed by atoms with van der Waals surface area (Å²) in [7, 11) is 0. The van der Waals surface area contributed by atoms with Gasteiger partial charge in [0.05, 0.1) is 0 Å². The highest BCUT2D eigenvalue weighted by Crippen LogP contribution is 2.29. The number of para-hydroxylation sites is 1. The smallest absolute Gasteiger partial charge is 0.0497 e. The van der Waals surface area contributed by atoms with Crippen molar-refractivity contribution in [2.24, 2.45) is 0 Å². The monoisotopic (exact) mass is 349 g/mol. The van der Waals surface area contributed by atoms with Crippen LogP contribution >= 0.6 is 22.6 Å². The van der Waals surface area contributed by atoms with Crippen molar-refractivity contribution in [3.8, 4) is 0 Å². The molecule has 0 atom stereocenters. The lowest BCUT2D eigenvalue weighted by atomic mass is 10.0. The molecule has 0 bridgehead atoms. The van der Waals surface area contributed by atoms with Crippen LogP contribution in [0.25, 0.3) is 21.8 Å². The van der Waals surface area contributed by atoms with Gasteiger partial charge in [-0.3, -0.25) is 0 Å². The van der Waals surface area contributed by atoms with Gasteiger partial charge in [-0.15, -0.1) is 0 Å². The number of aromatic nitrogens is 1. The quantitative estimate of drug-likeness (QED) is 0.620. The lowest BCUT2D eigenvalue weighted by Crippen LogP contribution is -1.86. The number of halogens is 1. The number of hydrogen-bond acceptors (Lipinski definition) is 0. The molecule has 3 aromatic rings. The van der Waals surface area contributed by atoms with Crippen LogP contribution in [0.15, 0.2) is 36.4 Å². The van der Waals surface area contributed by atoms with Crippen molar-refractivity contribution in [2.45, 2.75) is 26.2 Å². The van der Waals surface area contributed by atoms with Gasteiger partial charge in [-0.25, -0.2) is 0 Å². The van der Waals surface area contributed by atoms with Crippen molar-refractivity contribution in [3.05, 3.63) is 45.5 Å². The summed E-state index contributed by atoms with van der Waals surface area (Å²) in [5.41, 5.74) is 4.01. The number of benzene rings is 2. The fourth-order valence-corrected chi connectivity index (χ4v) is 3.02. The first-order chi connectivity index (χ1) is 8.79. The summed E-state index contributed by atoms with van der Waals surface area (Å²) in [6.07, 6.45) is 3.66. The minimum absolute atomic E-state index is 1.16. The van der Waals surface area contributed by atoms with Gasteiger partial charge in [-0.1, -0.05) is 31.5 Å². The number of aromatic amines is 1. The van der Waals surface area contributed by atoms with E-state index in [2.05, 4.69) is 70.9 Å². The van der Waals surface area contributed by atoms with Crippen LogP contribution in [0.1, 0.15) is 25.3 Å². The molecule has 2 aromatic carbocycles. The molecule has 0 aliphatic heterocycles. The summed E-state index contributed by atoms with van der Waals surface area (Å²) >= 11 is 2.38. The summed E-state index contributed by atoms with van der Waals surface area (Å²) in [6.45, 7) is 2.24. The van der Waals surface area contributed by atoms with Gasteiger partial charge in [0.25, 0.3) is 0 Å². The molecule has 0 saturated carbocycles. The van der Waals surface area contributed by atoms with E-state index in [1.54, 1.807) is 0 Å². The molecule has 1 heterocycles. The minimum atomic E-state index is 1.16. The highest BCUT2D eigenvalue weighted by molar-refractivity contribution is 14.1. The first-order valence-corrected chi connectivity index (χ1v) is 7.56. The first kappa shape index (κ1) is 12.0. The third kappa shape index (κ3) is 2.03. The van der Waals surface area contributed by atoms with Gasteiger partial charge in [0.15, 0.2) is 0 Å². The maximum absolute atomic E-state index is 3.58. The zero-order valence-corrected chi connectivity index (χ0v) is 12.6. The summed E-state index contributed by atoms with van der Waals surface area (Å²) in [6, 6.07) is 13.3. The standard InChI is InChI=1S/C16H16IN/c1-2-3-5-11-6-4-7-13-14-10-12(17)8-9-15(14)18-16(11)13/h4,6-10,18H,2-3,5H2,1H3. The van der Waals surface area contributed by atoms with Gasteiger partial charge in [0.1, 0.15) is 0 Å². The fraction of sp³-hybridized carbons (Fsp3) is 0.250. The van der Waals surface area contributed by atoms with Gasteiger partial charge in [0, 0.05) is 25.4 Å². The zero-order valence-electron chi connectivity index (χ0n) is 10.5. The van der Waals surface area contributed by atoms with Crippen molar-refractivity contribution < 1.29 is 0 Å². The molecule has 3 rings (SSSR count). The molecule has 0 saturated heterocycles. The normalized spacial score (nSPS) is 11.4. The molecule has 0 amide bonds. The molecular weight excluding hydrogens is 333 g/mol. The number of fused-ring (bicyclic) bond motifs is 3. The predicted octanol–water partition coefficient (Wildman–Crippen LogP) is 5.27. The van der Waals surface area contributed by atoms with E-state index in [-0.39, 0.29) is 0 Å². The molecule has 18 heavy (non-hydrogen) atoms. The second-order valence-corrected chi connectivity index (χ2v) is 6.00. The van der Waals surface area contributed by atoms with Crippen molar-refractivity contribution in [2.75, 3.05) is 0 Å². The number of unbranched alkanes of at least 4 members (excludes halogenated alkanes) is 1. The van der Waals surface area contributed by atoms with Gasteiger partial charge < -0.3 is 4.98 Å². The van der Waals surface area contributed by atoms with E-state index < -0.39 is 0 Å². The van der Waals surface area contributed by atoms with Crippen LogP contribution in [-0.4, -0.2) is 4.98 Å². The van der Waals surface area contributed by atoms with E-state index in [9.17, 15) is 0 Å². The van der Waals surface area contributed by atoms with Crippen molar-refractivity contribution in [3.63, 3.8) is 0 Å². The highest BCUT2D eigenvalue weighted by atomic mass is 127. The summed E-state index contributed by atoms with van der Waals surface area (Å²) < 4.78 is 1.29. The van der Waals surface area contributed by atoms with Crippen LogP contribution in [0.3, 0.4) is 0 Å². The SMILES string of the molecule is CCCCc1cccc2c1[nH]c1ccc(I)cc12. The molecule has 0 spiro atoms. The number of hydrogen-bond donors (Lipinski definition) is 1. The molecule has 2 heteroatoms. The van der Waals surface area contributed by atoms with Gasteiger partial charge in [-0.2, -0.15) is 0 Å². The largest absolute Gasteiger partial charge is 0.354 e. The minimum Gasteiger partial charge on any atom is -0.354 e. The Labute approximate surface area is 121 Å². The van der Waals surface area contributed by atoms with Crippen LogP contribution in [-0.2, 0) is 6.42 Å². The lowest BCUT2D eigenvalue weighted by Gasteiger charge is -2.01. The summed E-state index contributed by atoms with van der Waals surface area (Å²) in [5, 5.41) is 2.70. The second kappa shape index (κ2) is 4.92. The number of nitrogens with one attached hydrogen (secondary N) is 1. The Balaban J connectivity index is 2.25. The van der Waals surface area contributed by atoms with Gasteiger partial charge in [0.2, 0.25) is 0 Å². The van der Waals surface area contributed by atoms with E-state index in [0.717, 1.165) is 6.42 Å². The Bertz CT molecular complexity index is 697. The van der Waals surface area contributed by atoms with Crippen LogP contribution in [0.5, 0.6) is 0 Å². The molecule has 92 valence electrons. The van der Waals surface area contributed by atoms with Gasteiger partial charge >= 0.3 is 0 Å². The Morgan fingerprint density at radius 2 is 2.00 bits per heavy atom. The average Bonchev–Trinajstić information content (AvgIpc) is 2.75. The third-order valence-electron chi connectivity index (χ3n) is 3.48. The first-order valence-electron chi connectivity index (χ1n) is 6.48. The Hall–Kier alpha value is -1.03. The molecule has 0 radical (unpaired) electrons. The molecule has 1 aromatic heterocycles. The maximum Gasteiger partial charge on any atom is 0.0497 e. The van der Waals surface area contributed by atoms with Crippen molar-refractivity contribution >= 4 is 44.4 Å². The molecular formula is C16H16IN. The zero-order chi connectivity index (χ0) is 12.5. The van der Waals surface area contributed by atoms with Crippen molar-refractivity contribution in [1.82, 2.24) is 4.98 Å². The highest BCUT2D eigenvalue weighted by Gasteiger charge is 2.07. The van der Waals surface area contributed by atoms with E-state index in [1.807, 2.05) is 0 Å². The van der Waals surface area contributed by atoms with Crippen LogP contribution in [0.4, 0.5) is 0 Å². The lowest BCUT2D eigenvalue weighted by molar-refractivity contribution is 0.798. The Kier molecular flexibility index (Phi) is 3.29. The topological polar surface area (TPSA) is 15.8 Å². The number of rotatable bonds is 3. The van der Waals surface area contributed by atoms with Crippen molar-refractivity contribution in [1.29, 1.82) is 0 Å². The van der Waals surface area contributed by atoms with E-state index >= 15 is 0 Å². The molecule has 0 fully saturated rings.